The maximum absolute atomic E-state index is 12.3. The Morgan fingerprint density at radius 1 is 1.47 bits per heavy atom. The number of carbonyl (C=O) groups is 1. The summed E-state index contributed by atoms with van der Waals surface area (Å²) in [6.07, 6.45) is 0. The first-order valence-electron chi connectivity index (χ1n) is 3.88. The van der Waals surface area contributed by atoms with Crippen LogP contribution in [0.1, 0.15) is 5.56 Å². The van der Waals surface area contributed by atoms with Gasteiger partial charge in [0.1, 0.15) is 6.61 Å². The van der Waals surface area contributed by atoms with Crippen molar-refractivity contribution in [2.45, 2.75) is 11.4 Å². The second-order valence-corrected chi connectivity index (χ2v) is 4.07. The third-order valence-electron chi connectivity index (χ3n) is 1.55. The molecule has 0 saturated carbocycles. The second-order valence-electron chi connectivity index (χ2n) is 2.67. The van der Waals surface area contributed by atoms with Gasteiger partial charge < -0.3 is 4.74 Å². The number of esters is 1. The van der Waals surface area contributed by atoms with Gasteiger partial charge in [0.05, 0.1) is 0 Å². The van der Waals surface area contributed by atoms with Crippen molar-refractivity contribution in [2.24, 2.45) is 0 Å². The minimum Gasteiger partial charge on any atom is -0.456 e. The van der Waals surface area contributed by atoms with Crippen molar-refractivity contribution in [1.29, 1.82) is 0 Å². The number of ether oxygens (including phenoxy) is 1. The van der Waals surface area contributed by atoms with E-state index in [4.69, 9.17) is 11.6 Å². The van der Waals surface area contributed by atoms with Crippen molar-refractivity contribution in [3.05, 3.63) is 34.9 Å². The lowest BCUT2D eigenvalue weighted by Crippen LogP contribution is -2.23. The van der Waals surface area contributed by atoms with Crippen LogP contribution in [0.2, 0.25) is 5.02 Å². The molecule has 0 aromatic heterocycles. The predicted octanol–water partition coefficient (Wildman–Crippen LogP) is 3.37. The zero-order valence-electron chi connectivity index (χ0n) is 7.34. The molecule has 0 unspecified atom stereocenters. The van der Waals surface area contributed by atoms with Crippen LogP contribution >= 0.6 is 27.5 Å². The summed E-state index contributed by atoms with van der Waals surface area (Å²) in [5, 5.41) is 0.364. The number of rotatable bonds is 3. The SMILES string of the molecule is O=C(OCc1ccccc1Cl)C(F)(F)Br. The van der Waals surface area contributed by atoms with E-state index in [1.165, 1.54) is 0 Å². The Morgan fingerprint density at radius 3 is 2.60 bits per heavy atom. The molecular weight excluding hydrogens is 293 g/mol. The van der Waals surface area contributed by atoms with Gasteiger partial charge in [-0.3, -0.25) is 0 Å². The summed E-state index contributed by atoms with van der Waals surface area (Å²) in [6, 6.07) is 6.52. The van der Waals surface area contributed by atoms with Gasteiger partial charge in [0.25, 0.3) is 0 Å². The van der Waals surface area contributed by atoms with Crippen molar-refractivity contribution in [3.8, 4) is 0 Å². The monoisotopic (exact) mass is 298 g/mol. The van der Waals surface area contributed by atoms with Gasteiger partial charge in [-0.25, -0.2) is 4.79 Å². The smallest absolute Gasteiger partial charge is 0.396 e. The largest absolute Gasteiger partial charge is 0.456 e. The summed E-state index contributed by atoms with van der Waals surface area (Å²) in [5.41, 5.74) is 0.476. The highest BCUT2D eigenvalue weighted by Gasteiger charge is 2.37. The fourth-order valence-corrected chi connectivity index (χ4v) is 1.15. The lowest BCUT2D eigenvalue weighted by molar-refractivity contribution is -0.160. The third kappa shape index (κ3) is 3.76. The van der Waals surface area contributed by atoms with E-state index in [2.05, 4.69) is 4.74 Å². The normalized spacial score (nSPS) is 11.2. The molecule has 0 N–H and O–H groups in total. The van der Waals surface area contributed by atoms with Crippen LogP contribution < -0.4 is 0 Å². The lowest BCUT2D eigenvalue weighted by Gasteiger charge is -2.09. The van der Waals surface area contributed by atoms with Gasteiger partial charge in [0, 0.05) is 26.5 Å². The maximum Gasteiger partial charge on any atom is 0.396 e. The molecule has 15 heavy (non-hydrogen) atoms. The minimum atomic E-state index is -3.66. The number of carbonyl (C=O) groups excluding carboxylic acids is 1. The van der Waals surface area contributed by atoms with Crippen molar-refractivity contribution in [2.75, 3.05) is 0 Å². The number of hydrogen-bond donors (Lipinski definition) is 0. The van der Waals surface area contributed by atoms with E-state index in [1.807, 2.05) is 15.9 Å². The van der Waals surface area contributed by atoms with Gasteiger partial charge in [0.2, 0.25) is 0 Å². The standard InChI is InChI=1S/C9H6BrClF2O2/c10-9(12,13)8(14)15-5-6-3-1-2-4-7(6)11/h1-4H,5H2. The van der Waals surface area contributed by atoms with Crippen LogP contribution in [0, 0.1) is 0 Å². The average molecular weight is 299 g/mol. The quantitative estimate of drug-likeness (QED) is 0.632. The van der Waals surface area contributed by atoms with Crippen LogP contribution in [0.3, 0.4) is 0 Å². The van der Waals surface area contributed by atoms with Gasteiger partial charge in [-0.15, -0.1) is 0 Å². The van der Waals surface area contributed by atoms with Gasteiger partial charge in [-0.05, 0) is 6.07 Å². The minimum absolute atomic E-state index is 0.278. The molecule has 1 aromatic rings. The van der Waals surface area contributed by atoms with E-state index < -0.39 is 10.8 Å². The van der Waals surface area contributed by atoms with Crippen molar-refractivity contribution in [1.82, 2.24) is 0 Å². The average Bonchev–Trinajstić information content (AvgIpc) is 2.14. The van der Waals surface area contributed by atoms with Crippen LogP contribution in [0.15, 0.2) is 24.3 Å². The molecule has 0 aliphatic heterocycles. The fraction of sp³-hybridized carbons (Fsp3) is 0.222. The number of benzene rings is 1. The molecule has 1 rings (SSSR count). The van der Waals surface area contributed by atoms with Crippen molar-refractivity contribution in [3.63, 3.8) is 0 Å². The van der Waals surface area contributed by atoms with E-state index in [-0.39, 0.29) is 6.61 Å². The Morgan fingerprint density at radius 2 is 2.07 bits per heavy atom. The highest BCUT2D eigenvalue weighted by molar-refractivity contribution is 9.10. The summed E-state index contributed by atoms with van der Waals surface area (Å²) in [7, 11) is 0. The van der Waals surface area contributed by atoms with Crippen LogP contribution in [0.25, 0.3) is 0 Å². The fourth-order valence-electron chi connectivity index (χ4n) is 0.841. The van der Waals surface area contributed by atoms with Crippen LogP contribution in [-0.2, 0) is 16.1 Å². The molecular formula is C9H6BrClF2O2. The second kappa shape index (κ2) is 4.90. The molecule has 0 fully saturated rings. The van der Waals surface area contributed by atoms with Crippen LogP contribution in [-0.4, -0.2) is 10.8 Å². The number of halogens is 4. The van der Waals surface area contributed by atoms with E-state index in [1.54, 1.807) is 24.3 Å². The first-order chi connectivity index (χ1) is 6.91. The molecule has 0 bridgehead atoms. The number of hydrogen-bond acceptors (Lipinski definition) is 2. The molecule has 0 heterocycles. The van der Waals surface area contributed by atoms with Crippen molar-refractivity contribution < 1.29 is 18.3 Å². The summed E-state index contributed by atoms with van der Waals surface area (Å²) >= 11 is 7.63. The Balaban J connectivity index is 2.59. The molecule has 6 heteroatoms. The Hall–Kier alpha value is -0.680. The van der Waals surface area contributed by atoms with E-state index >= 15 is 0 Å². The maximum atomic E-state index is 12.3. The predicted molar refractivity (Wildman–Crippen MR) is 55.1 cm³/mol. The van der Waals surface area contributed by atoms with Gasteiger partial charge in [-0.2, -0.15) is 8.78 Å². The summed E-state index contributed by atoms with van der Waals surface area (Å²) < 4.78 is 29.0. The first-order valence-corrected chi connectivity index (χ1v) is 5.05. The van der Waals surface area contributed by atoms with Gasteiger partial charge >= 0.3 is 10.8 Å². The highest BCUT2D eigenvalue weighted by atomic mass is 79.9. The molecule has 1 aromatic carbocycles. The zero-order chi connectivity index (χ0) is 11.5. The van der Waals surface area contributed by atoms with Crippen LogP contribution in [0.5, 0.6) is 0 Å². The first kappa shape index (κ1) is 12.4. The van der Waals surface area contributed by atoms with E-state index in [0.29, 0.717) is 10.6 Å². The topological polar surface area (TPSA) is 26.3 Å². The zero-order valence-corrected chi connectivity index (χ0v) is 9.69. The summed E-state index contributed by atoms with van der Waals surface area (Å²) in [6.45, 7) is -0.278. The van der Waals surface area contributed by atoms with Gasteiger partial charge in [-0.1, -0.05) is 29.8 Å². The molecule has 2 nitrogen and oxygen atoms in total. The Labute approximate surface area is 98.3 Å². The third-order valence-corrected chi connectivity index (χ3v) is 2.24. The lowest BCUT2D eigenvalue weighted by atomic mass is 10.2. The Bertz CT molecular complexity index is 365. The Kier molecular flexibility index (Phi) is 4.04. The molecule has 0 aliphatic carbocycles. The molecule has 0 radical (unpaired) electrons. The van der Waals surface area contributed by atoms with Crippen molar-refractivity contribution >= 4 is 33.5 Å². The molecule has 0 spiro atoms. The number of alkyl halides is 3. The molecule has 0 amide bonds. The van der Waals surface area contributed by atoms with E-state index in [9.17, 15) is 13.6 Å². The van der Waals surface area contributed by atoms with Crippen LogP contribution in [0.4, 0.5) is 8.78 Å². The molecule has 0 saturated heterocycles. The summed E-state index contributed by atoms with van der Waals surface area (Å²) in [4.78, 5) is 7.03. The van der Waals surface area contributed by atoms with Gasteiger partial charge in [0.15, 0.2) is 0 Å². The molecule has 0 atom stereocenters. The highest BCUT2D eigenvalue weighted by Crippen LogP contribution is 2.24. The molecule has 0 aliphatic rings. The van der Waals surface area contributed by atoms with E-state index in [0.717, 1.165) is 0 Å². The summed E-state index contributed by atoms with van der Waals surface area (Å²) in [5.74, 6) is -1.64. The molecule has 82 valence electrons.